The zero-order valence-electron chi connectivity index (χ0n) is 23.8. The van der Waals surface area contributed by atoms with Crippen molar-refractivity contribution < 1.29 is 23.7 Å². The maximum absolute atomic E-state index is 12.6. The molecular weight excluding hydrogens is 476 g/mol. The van der Waals surface area contributed by atoms with Crippen LogP contribution in [0.4, 0.5) is 0 Å². The average Bonchev–Trinajstić information content (AvgIpc) is 2.95. The van der Waals surface area contributed by atoms with E-state index in [0.29, 0.717) is 29.8 Å². The Morgan fingerprint density at radius 2 is 1.42 bits per heavy atom. The molecule has 2 aromatic rings. The first kappa shape index (κ1) is 30.2. The molecule has 0 amide bonds. The van der Waals surface area contributed by atoms with E-state index in [4.69, 9.17) is 18.9 Å². The summed E-state index contributed by atoms with van der Waals surface area (Å²) >= 11 is 0. The standard InChI is InChI=1S/C33H48O5/c1-4-6-8-9-10-11-12-14-27-24-36-33(37-25-27)29-17-21-31(22-18-29)38-32(34)28-15-19-30(20-16-28)35-23-26(3)13-7-5-2/h15-22,26-27,33H,4-14,23-25H2,1-3H3/t26-,27?,33?/m0/s1. The van der Waals surface area contributed by atoms with Crippen LogP contribution in [0.2, 0.25) is 0 Å². The molecule has 0 radical (unpaired) electrons. The minimum atomic E-state index is -0.390. The highest BCUT2D eigenvalue weighted by molar-refractivity contribution is 5.91. The van der Waals surface area contributed by atoms with Crippen LogP contribution in [0, 0.1) is 11.8 Å². The van der Waals surface area contributed by atoms with Gasteiger partial charge in [0.05, 0.1) is 25.4 Å². The number of carbonyl (C=O) groups excluding carboxylic acids is 1. The number of hydrogen-bond acceptors (Lipinski definition) is 5. The molecule has 3 rings (SSSR count). The summed E-state index contributed by atoms with van der Waals surface area (Å²) in [7, 11) is 0. The molecule has 1 atom stereocenters. The van der Waals surface area contributed by atoms with E-state index >= 15 is 0 Å². The summed E-state index contributed by atoms with van der Waals surface area (Å²) in [6, 6.07) is 14.5. The maximum Gasteiger partial charge on any atom is 0.343 e. The Kier molecular flexibility index (Phi) is 13.7. The Morgan fingerprint density at radius 3 is 2.08 bits per heavy atom. The van der Waals surface area contributed by atoms with E-state index in [1.165, 1.54) is 70.6 Å². The number of benzene rings is 2. The smallest absolute Gasteiger partial charge is 0.343 e. The Labute approximate surface area is 230 Å². The Bertz CT molecular complexity index is 900. The van der Waals surface area contributed by atoms with Gasteiger partial charge in [0, 0.05) is 11.5 Å². The first-order chi connectivity index (χ1) is 18.6. The molecule has 1 saturated heterocycles. The van der Waals surface area contributed by atoms with Crippen LogP contribution in [0.1, 0.15) is 114 Å². The number of carbonyl (C=O) groups is 1. The molecule has 0 unspecified atom stereocenters. The highest BCUT2D eigenvalue weighted by atomic mass is 16.7. The van der Waals surface area contributed by atoms with Crippen molar-refractivity contribution in [2.45, 2.75) is 97.7 Å². The van der Waals surface area contributed by atoms with Gasteiger partial charge >= 0.3 is 5.97 Å². The van der Waals surface area contributed by atoms with Gasteiger partial charge in [-0.1, -0.05) is 90.7 Å². The molecule has 0 aliphatic carbocycles. The first-order valence-corrected chi connectivity index (χ1v) is 14.9. The second-order valence-electron chi connectivity index (χ2n) is 10.8. The zero-order chi connectivity index (χ0) is 27.0. The number of rotatable bonds is 17. The molecule has 1 heterocycles. The van der Waals surface area contributed by atoms with Crippen molar-refractivity contribution in [3.63, 3.8) is 0 Å². The van der Waals surface area contributed by atoms with E-state index in [1.54, 1.807) is 24.3 Å². The van der Waals surface area contributed by atoms with Crippen molar-refractivity contribution in [1.29, 1.82) is 0 Å². The quantitative estimate of drug-likeness (QED) is 0.117. The molecule has 1 fully saturated rings. The zero-order valence-corrected chi connectivity index (χ0v) is 23.8. The van der Waals surface area contributed by atoms with Crippen LogP contribution in [0.3, 0.4) is 0 Å². The molecule has 1 aliphatic heterocycles. The molecule has 1 aliphatic rings. The lowest BCUT2D eigenvalue weighted by Gasteiger charge is -2.29. The van der Waals surface area contributed by atoms with E-state index < -0.39 is 0 Å². The monoisotopic (exact) mass is 524 g/mol. The maximum atomic E-state index is 12.6. The van der Waals surface area contributed by atoms with Crippen LogP contribution >= 0.6 is 0 Å². The number of unbranched alkanes of at least 4 members (excludes halogenated alkanes) is 7. The number of esters is 1. The van der Waals surface area contributed by atoms with Gasteiger partial charge in [0.2, 0.25) is 0 Å². The minimum absolute atomic E-state index is 0.359. The summed E-state index contributed by atoms with van der Waals surface area (Å²) in [5.74, 6) is 1.87. The van der Waals surface area contributed by atoms with Crippen molar-refractivity contribution in [2.75, 3.05) is 19.8 Å². The fraction of sp³-hybridized carbons (Fsp3) is 0.606. The molecule has 0 N–H and O–H groups in total. The average molecular weight is 525 g/mol. The Hall–Kier alpha value is -2.37. The third kappa shape index (κ3) is 10.8. The highest BCUT2D eigenvalue weighted by Gasteiger charge is 2.23. The molecule has 38 heavy (non-hydrogen) atoms. The largest absolute Gasteiger partial charge is 0.493 e. The normalized spacial score (nSPS) is 18.2. The van der Waals surface area contributed by atoms with Crippen molar-refractivity contribution >= 4 is 5.97 Å². The van der Waals surface area contributed by atoms with Gasteiger partial charge in [-0.25, -0.2) is 4.79 Å². The Morgan fingerprint density at radius 1 is 0.816 bits per heavy atom. The van der Waals surface area contributed by atoms with Gasteiger partial charge in [-0.15, -0.1) is 0 Å². The van der Waals surface area contributed by atoms with Crippen LogP contribution in [0.15, 0.2) is 48.5 Å². The Balaban J connectivity index is 1.36. The summed E-state index contributed by atoms with van der Waals surface area (Å²) in [6.07, 6.45) is 13.7. The van der Waals surface area contributed by atoms with Crippen LogP contribution in [0.5, 0.6) is 11.5 Å². The van der Waals surface area contributed by atoms with Gasteiger partial charge in [-0.05, 0) is 55.2 Å². The van der Waals surface area contributed by atoms with Crippen LogP contribution in [-0.2, 0) is 9.47 Å². The molecule has 0 spiro atoms. The van der Waals surface area contributed by atoms with Crippen molar-refractivity contribution in [1.82, 2.24) is 0 Å². The topological polar surface area (TPSA) is 54.0 Å². The second-order valence-corrected chi connectivity index (χ2v) is 10.8. The van der Waals surface area contributed by atoms with E-state index in [2.05, 4.69) is 20.8 Å². The summed E-state index contributed by atoms with van der Waals surface area (Å²) in [5, 5.41) is 0. The van der Waals surface area contributed by atoms with E-state index in [-0.39, 0.29) is 12.3 Å². The summed E-state index contributed by atoms with van der Waals surface area (Å²) in [5.41, 5.74) is 1.43. The lowest BCUT2D eigenvalue weighted by Crippen LogP contribution is -2.27. The van der Waals surface area contributed by atoms with Gasteiger partial charge in [-0.2, -0.15) is 0 Å². The fourth-order valence-electron chi connectivity index (χ4n) is 4.71. The fourth-order valence-corrected chi connectivity index (χ4v) is 4.71. The van der Waals surface area contributed by atoms with Gasteiger partial charge < -0.3 is 18.9 Å². The third-order valence-corrected chi connectivity index (χ3v) is 7.22. The predicted octanol–water partition coefficient (Wildman–Crippen LogP) is 8.91. The molecule has 0 saturated carbocycles. The van der Waals surface area contributed by atoms with Gasteiger partial charge in [0.25, 0.3) is 0 Å². The number of hydrogen-bond donors (Lipinski definition) is 0. The predicted molar refractivity (Wildman–Crippen MR) is 153 cm³/mol. The van der Waals surface area contributed by atoms with Crippen molar-refractivity contribution in [3.8, 4) is 11.5 Å². The van der Waals surface area contributed by atoms with Crippen molar-refractivity contribution in [2.24, 2.45) is 11.8 Å². The lowest BCUT2D eigenvalue weighted by molar-refractivity contribution is -0.206. The first-order valence-electron chi connectivity index (χ1n) is 14.9. The number of ether oxygens (including phenoxy) is 4. The second kappa shape index (κ2) is 17.3. The molecule has 5 nitrogen and oxygen atoms in total. The molecule has 0 bridgehead atoms. The summed E-state index contributed by atoms with van der Waals surface area (Å²) in [4.78, 5) is 12.6. The third-order valence-electron chi connectivity index (χ3n) is 7.22. The highest BCUT2D eigenvalue weighted by Crippen LogP contribution is 2.29. The molecule has 210 valence electrons. The van der Waals surface area contributed by atoms with Crippen LogP contribution in [0.25, 0.3) is 0 Å². The van der Waals surface area contributed by atoms with E-state index in [9.17, 15) is 4.79 Å². The molecule has 0 aromatic heterocycles. The summed E-state index contributed by atoms with van der Waals surface area (Å²) < 4.78 is 23.4. The van der Waals surface area contributed by atoms with Gasteiger partial charge in [0.1, 0.15) is 11.5 Å². The molecular formula is C33H48O5. The SMILES string of the molecule is CCCCCCCCCC1COC(c2ccc(OC(=O)c3ccc(OC[C@@H](C)CCCC)cc3)cc2)OC1. The van der Waals surface area contributed by atoms with E-state index in [0.717, 1.165) is 24.5 Å². The van der Waals surface area contributed by atoms with Gasteiger partial charge in [0.15, 0.2) is 6.29 Å². The van der Waals surface area contributed by atoms with Crippen LogP contribution < -0.4 is 9.47 Å². The van der Waals surface area contributed by atoms with Crippen LogP contribution in [-0.4, -0.2) is 25.8 Å². The van der Waals surface area contributed by atoms with E-state index in [1.807, 2.05) is 24.3 Å². The van der Waals surface area contributed by atoms with Gasteiger partial charge in [-0.3, -0.25) is 0 Å². The minimum Gasteiger partial charge on any atom is -0.493 e. The molecule has 5 heteroatoms. The lowest BCUT2D eigenvalue weighted by atomic mass is 10.0. The van der Waals surface area contributed by atoms with Crippen molar-refractivity contribution in [3.05, 3.63) is 59.7 Å². The summed E-state index contributed by atoms with van der Waals surface area (Å²) in [6.45, 7) is 8.81. The molecule has 2 aromatic carbocycles.